The predicted octanol–water partition coefficient (Wildman–Crippen LogP) is 3.53. The van der Waals surface area contributed by atoms with Gasteiger partial charge in [-0.2, -0.15) is 0 Å². The van der Waals surface area contributed by atoms with E-state index in [2.05, 4.69) is 34.4 Å². The largest absolute Gasteiger partial charge is 0.493 e. The van der Waals surface area contributed by atoms with E-state index in [-0.39, 0.29) is 11.6 Å². The van der Waals surface area contributed by atoms with Gasteiger partial charge in [-0.1, -0.05) is 34.6 Å². The van der Waals surface area contributed by atoms with Crippen molar-refractivity contribution in [1.82, 2.24) is 20.2 Å². The van der Waals surface area contributed by atoms with E-state index in [1.807, 2.05) is 20.8 Å². The fourth-order valence-electron chi connectivity index (χ4n) is 3.64. The van der Waals surface area contributed by atoms with Crippen molar-refractivity contribution in [3.05, 3.63) is 52.0 Å². The first kappa shape index (κ1) is 33.8. The summed E-state index contributed by atoms with van der Waals surface area (Å²) in [4.78, 5) is 53.9. The first-order valence-electron chi connectivity index (χ1n) is 13.4. The van der Waals surface area contributed by atoms with Crippen molar-refractivity contribution in [1.29, 1.82) is 0 Å². The summed E-state index contributed by atoms with van der Waals surface area (Å²) in [7, 11) is 0. The van der Waals surface area contributed by atoms with Gasteiger partial charge in [0, 0.05) is 36.5 Å². The van der Waals surface area contributed by atoms with Crippen molar-refractivity contribution in [3.63, 3.8) is 0 Å². The highest BCUT2D eigenvalue weighted by Crippen LogP contribution is 2.31. The molecule has 2 rings (SSSR count). The van der Waals surface area contributed by atoms with Crippen molar-refractivity contribution >= 4 is 23.7 Å². The fourth-order valence-corrected chi connectivity index (χ4v) is 3.64. The van der Waals surface area contributed by atoms with Crippen LogP contribution in [0.4, 0.5) is 10.5 Å². The monoisotopic (exact) mass is 559 g/mol. The van der Waals surface area contributed by atoms with E-state index in [0.717, 1.165) is 31.7 Å². The summed E-state index contributed by atoms with van der Waals surface area (Å²) in [5.74, 6) is -1.45. The van der Waals surface area contributed by atoms with Gasteiger partial charge >= 0.3 is 18.0 Å². The molecule has 220 valence electrons. The molecule has 1 aromatic heterocycles. The molecule has 0 aliphatic heterocycles. The molecule has 40 heavy (non-hydrogen) atoms. The lowest BCUT2D eigenvalue weighted by Crippen LogP contribution is -2.36. The Labute approximate surface area is 234 Å². The SMILES string of the molecule is CCCOc1ccc(NC(=O)NCCN(CC)CC)cc1-c1nc(CC)c(CC)c(=O)[nH]1.O=C(O)/C=C\C(=O)O. The number of rotatable bonds is 14. The number of nitrogens with one attached hydrogen (secondary N) is 3. The molecule has 0 aliphatic rings. The Bertz CT molecular complexity index is 1190. The Morgan fingerprint density at radius 3 is 2.20 bits per heavy atom. The van der Waals surface area contributed by atoms with Crippen LogP contribution in [0.25, 0.3) is 11.4 Å². The van der Waals surface area contributed by atoms with E-state index in [1.165, 1.54) is 0 Å². The number of carboxylic acid groups (broad SMARTS) is 2. The first-order valence-corrected chi connectivity index (χ1v) is 13.4. The molecular weight excluding hydrogens is 518 g/mol. The summed E-state index contributed by atoms with van der Waals surface area (Å²) in [6.45, 7) is 14.0. The van der Waals surface area contributed by atoms with Crippen LogP contribution in [0.1, 0.15) is 52.3 Å². The maximum Gasteiger partial charge on any atom is 0.328 e. The van der Waals surface area contributed by atoms with Crippen LogP contribution in [0, 0.1) is 0 Å². The number of H-pyrrole nitrogens is 1. The van der Waals surface area contributed by atoms with Crippen LogP contribution in [-0.4, -0.2) is 75.8 Å². The van der Waals surface area contributed by atoms with E-state index in [9.17, 15) is 19.2 Å². The maximum atomic E-state index is 12.6. The normalized spacial score (nSPS) is 10.7. The zero-order valence-electron chi connectivity index (χ0n) is 23.9. The van der Waals surface area contributed by atoms with E-state index in [0.29, 0.717) is 66.5 Å². The fraction of sp³-hybridized carbons (Fsp3) is 0.464. The molecule has 0 unspecified atom stereocenters. The lowest BCUT2D eigenvalue weighted by Gasteiger charge is -2.18. The summed E-state index contributed by atoms with van der Waals surface area (Å²) in [5.41, 5.74) is 2.59. The third-order valence-corrected chi connectivity index (χ3v) is 5.72. The molecule has 5 N–H and O–H groups in total. The first-order chi connectivity index (χ1) is 19.1. The van der Waals surface area contributed by atoms with Gasteiger partial charge in [0.1, 0.15) is 11.6 Å². The number of benzene rings is 1. The maximum absolute atomic E-state index is 12.6. The zero-order chi connectivity index (χ0) is 30.1. The van der Waals surface area contributed by atoms with Crippen LogP contribution < -0.4 is 20.9 Å². The molecule has 0 atom stereocenters. The highest BCUT2D eigenvalue weighted by molar-refractivity contribution is 5.90. The number of aromatic amines is 1. The Hall–Kier alpha value is -4.19. The van der Waals surface area contributed by atoms with Crippen LogP contribution in [-0.2, 0) is 22.4 Å². The average Bonchev–Trinajstić information content (AvgIpc) is 2.93. The Kier molecular flexibility index (Phi) is 15.4. The summed E-state index contributed by atoms with van der Waals surface area (Å²) >= 11 is 0. The zero-order valence-corrected chi connectivity index (χ0v) is 23.9. The number of carboxylic acids is 2. The summed E-state index contributed by atoms with van der Waals surface area (Å²) in [5, 5.41) is 21.4. The number of anilines is 1. The van der Waals surface area contributed by atoms with Gasteiger partial charge in [0.15, 0.2) is 0 Å². The molecule has 12 heteroatoms. The number of carbonyl (C=O) groups is 3. The standard InChI is InChI=1S/C24H37N5O3.C4H4O4/c1-6-15-32-21-12-11-17(26-24(31)25-13-14-29(9-4)10-5)16-19(21)22-27-20(8-3)18(7-2)23(30)28-22;5-3(6)1-2-4(7)8/h11-12,16H,6-10,13-15H2,1-5H3,(H2,25,26,31)(H,27,28,30);1-2H,(H,5,6)(H,7,8)/b;2-1-. The molecule has 1 aromatic carbocycles. The van der Waals surface area contributed by atoms with Crippen LogP contribution in [0.3, 0.4) is 0 Å². The molecule has 0 spiro atoms. The second-order valence-corrected chi connectivity index (χ2v) is 8.52. The topological polar surface area (TPSA) is 174 Å². The summed E-state index contributed by atoms with van der Waals surface area (Å²) < 4.78 is 5.89. The van der Waals surface area contributed by atoms with Gasteiger partial charge in [0.05, 0.1) is 17.9 Å². The number of ether oxygens (including phenoxy) is 1. The van der Waals surface area contributed by atoms with Crippen molar-refractivity contribution < 1.29 is 29.3 Å². The number of hydrogen-bond donors (Lipinski definition) is 5. The number of urea groups is 1. The highest BCUT2D eigenvalue weighted by atomic mass is 16.5. The van der Waals surface area contributed by atoms with Crippen molar-refractivity contribution in [2.24, 2.45) is 0 Å². The predicted molar refractivity (Wildman–Crippen MR) is 154 cm³/mol. The minimum Gasteiger partial charge on any atom is -0.493 e. The number of aromatic nitrogens is 2. The van der Waals surface area contributed by atoms with E-state index < -0.39 is 11.9 Å². The molecule has 1 heterocycles. The number of likely N-dealkylation sites (N-methyl/N-ethyl adjacent to an activating group) is 1. The number of hydrogen-bond acceptors (Lipinski definition) is 7. The Balaban J connectivity index is 0.000000869. The number of aryl methyl sites for hydroxylation is 1. The number of aliphatic carboxylic acids is 2. The van der Waals surface area contributed by atoms with Gasteiger partial charge in [0.25, 0.3) is 5.56 Å². The molecule has 0 fully saturated rings. The second-order valence-electron chi connectivity index (χ2n) is 8.52. The van der Waals surface area contributed by atoms with Crippen molar-refractivity contribution in [2.75, 3.05) is 38.1 Å². The number of amides is 2. The average molecular weight is 560 g/mol. The van der Waals surface area contributed by atoms with Crippen LogP contribution in [0.2, 0.25) is 0 Å². The van der Waals surface area contributed by atoms with E-state index in [4.69, 9.17) is 19.9 Å². The molecule has 0 saturated heterocycles. The summed E-state index contributed by atoms with van der Waals surface area (Å²) in [6, 6.07) is 5.11. The van der Waals surface area contributed by atoms with Crippen LogP contribution in [0.15, 0.2) is 35.1 Å². The molecular formula is C28H41N5O7. The molecule has 0 saturated carbocycles. The summed E-state index contributed by atoms with van der Waals surface area (Å²) in [6.07, 6.45) is 3.26. The molecule has 0 radical (unpaired) electrons. The third kappa shape index (κ3) is 11.7. The lowest BCUT2D eigenvalue weighted by atomic mass is 10.1. The minimum atomic E-state index is -1.26. The van der Waals surface area contributed by atoms with Gasteiger partial charge in [0.2, 0.25) is 0 Å². The third-order valence-electron chi connectivity index (χ3n) is 5.72. The molecule has 12 nitrogen and oxygen atoms in total. The second kappa shape index (κ2) is 18.2. The quantitative estimate of drug-likeness (QED) is 0.217. The smallest absolute Gasteiger partial charge is 0.328 e. The van der Waals surface area contributed by atoms with E-state index in [1.54, 1.807) is 18.2 Å². The minimum absolute atomic E-state index is 0.136. The van der Waals surface area contributed by atoms with Gasteiger partial charge in [-0.3, -0.25) is 4.79 Å². The van der Waals surface area contributed by atoms with Crippen molar-refractivity contribution in [3.8, 4) is 17.1 Å². The number of nitrogens with zero attached hydrogens (tertiary/aromatic N) is 2. The van der Waals surface area contributed by atoms with Crippen LogP contribution in [0.5, 0.6) is 5.75 Å². The van der Waals surface area contributed by atoms with Gasteiger partial charge < -0.3 is 35.5 Å². The highest BCUT2D eigenvalue weighted by Gasteiger charge is 2.15. The van der Waals surface area contributed by atoms with Gasteiger partial charge in [-0.05, 0) is 50.6 Å². The van der Waals surface area contributed by atoms with E-state index >= 15 is 0 Å². The van der Waals surface area contributed by atoms with Crippen molar-refractivity contribution in [2.45, 2.75) is 53.9 Å². The van der Waals surface area contributed by atoms with Crippen LogP contribution >= 0.6 is 0 Å². The molecule has 0 bridgehead atoms. The molecule has 2 aromatic rings. The lowest BCUT2D eigenvalue weighted by molar-refractivity contribution is -0.134. The Morgan fingerprint density at radius 1 is 1.02 bits per heavy atom. The molecule has 0 aliphatic carbocycles. The van der Waals surface area contributed by atoms with Gasteiger partial charge in [-0.25, -0.2) is 19.4 Å². The number of carbonyl (C=O) groups excluding carboxylic acids is 1. The Morgan fingerprint density at radius 2 is 1.68 bits per heavy atom. The van der Waals surface area contributed by atoms with Gasteiger partial charge in [-0.15, -0.1) is 0 Å². The molecule has 2 amide bonds.